The van der Waals surface area contributed by atoms with Crippen LogP contribution in [0.5, 0.6) is 0 Å². The van der Waals surface area contributed by atoms with Crippen molar-refractivity contribution < 1.29 is 4.79 Å². The van der Waals surface area contributed by atoms with Crippen LogP contribution in [0.3, 0.4) is 0 Å². The Morgan fingerprint density at radius 1 is 1.35 bits per heavy atom. The average molecular weight is 270 g/mol. The number of amides is 1. The predicted molar refractivity (Wildman–Crippen MR) is 74.8 cm³/mol. The first-order valence-electron chi connectivity index (χ1n) is 6.88. The van der Waals surface area contributed by atoms with Crippen LogP contribution in [0.2, 0.25) is 0 Å². The normalized spacial score (nSPS) is 16.4. The molecule has 1 amide bonds. The topological polar surface area (TPSA) is 61.9 Å². The molecule has 0 radical (unpaired) electrons. The van der Waals surface area contributed by atoms with E-state index in [2.05, 4.69) is 27.3 Å². The van der Waals surface area contributed by atoms with Crippen LogP contribution in [0.15, 0.2) is 36.7 Å². The molecule has 1 aliphatic rings. The van der Waals surface area contributed by atoms with Crippen LogP contribution in [0, 0.1) is 0 Å². The van der Waals surface area contributed by atoms with Crippen LogP contribution in [-0.4, -0.2) is 33.0 Å². The lowest BCUT2D eigenvalue weighted by atomic mass is 9.63. The monoisotopic (exact) mass is 270 g/mol. The molecule has 1 aromatic heterocycles. The fourth-order valence-corrected chi connectivity index (χ4v) is 2.88. The van der Waals surface area contributed by atoms with Crippen LogP contribution in [0.4, 0.5) is 0 Å². The molecule has 3 rings (SSSR count). The van der Waals surface area contributed by atoms with Crippen molar-refractivity contribution in [1.29, 1.82) is 0 Å². The quantitative estimate of drug-likeness (QED) is 0.922. The van der Waals surface area contributed by atoms with Crippen LogP contribution >= 0.6 is 0 Å². The van der Waals surface area contributed by atoms with Gasteiger partial charge in [0.15, 0.2) is 0 Å². The van der Waals surface area contributed by atoms with E-state index >= 15 is 0 Å². The van der Waals surface area contributed by atoms with Gasteiger partial charge in [-0.2, -0.15) is 5.10 Å². The molecule has 20 heavy (non-hydrogen) atoms. The Balaban J connectivity index is 1.81. The van der Waals surface area contributed by atoms with Crippen LogP contribution in [0.1, 0.15) is 30.7 Å². The molecule has 1 heterocycles. The van der Waals surface area contributed by atoms with Gasteiger partial charge in [0.2, 0.25) is 5.91 Å². The fraction of sp³-hybridized carbons (Fsp3) is 0.400. The van der Waals surface area contributed by atoms with Gasteiger partial charge >= 0.3 is 0 Å². The molecule has 1 aromatic carbocycles. The van der Waals surface area contributed by atoms with Gasteiger partial charge in [0.05, 0.1) is 12.0 Å². The highest BCUT2D eigenvalue weighted by molar-refractivity contribution is 5.89. The zero-order chi connectivity index (χ0) is 14.0. The van der Waals surface area contributed by atoms with Crippen molar-refractivity contribution in [3.05, 3.63) is 48.0 Å². The van der Waals surface area contributed by atoms with Gasteiger partial charge in [-0.3, -0.25) is 9.89 Å². The van der Waals surface area contributed by atoms with E-state index < -0.39 is 0 Å². The summed E-state index contributed by atoms with van der Waals surface area (Å²) in [4.78, 5) is 18.7. The summed E-state index contributed by atoms with van der Waals surface area (Å²) in [5.74, 6) is 0.884. The molecule has 0 unspecified atom stereocenters. The van der Waals surface area contributed by atoms with Gasteiger partial charge in [-0.25, -0.2) is 4.98 Å². The van der Waals surface area contributed by atoms with Crippen LogP contribution < -0.4 is 0 Å². The number of aromatic amines is 1. The molecule has 0 spiro atoms. The zero-order valence-corrected chi connectivity index (χ0v) is 11.5. The smallest absolute Gasteiger partial charge is 0.233 e. The van der Waals surface area contributed by atoms with E-state index in [4.69, 9.17) is 0 Å². The Morgan fingerprint density at radius 2 is 2.10 bits per heavy atom. The second-order valence-electron chi connectivity index (χ2n) is 5.40. The third-order valence-electron chi connectivity index (χ3n) is 4.14. The fourth-order valence-electron chi connectivity index (χ4n) is 2.88. The number of nitrogens with one attached hydrogen (secondary N) is 1. The number of likely N-dealkylation sites (N-methyl/N-ethyl adjacent to an activating group) is 1. The minimum absolute atomic E-state index is 0.173. The number of rotatable bonds is 4. The molecule has 0 bridgehead atoms. The van der Waals surface area contributed by atoms with E-state index in [1.165, 1.54) is 6.33 Å². The van der Waals surface area contributed by atoms with E-state index in [9.17, 15) is 4.79 Å². The van der Waals surface area contributed by atoms with Gasteiger partial charge in [-0.05, 0) is 18.4 Å². The van der Waals surface area contributed by atoms with Gasteiger partial charge in [-0.15, -0.1) is 0 Å². The molecule has 1 saturated carbocycles. The Bertz CT molecular complexity index is 575. The van der Waals surface area contributed by atoms with Gasteiger partial charge in [0.1, 0.15) is 12.2 Å². The molecule has 1 N–H and O–H groups in total. The number of H-pyrrole nitrogens is 1. The summed E-state index contributed by atoms with van der Waals surface area (Å²) in [6, 6.07) is 10.1. The van der Waals surface area contributed by atoms with Gasteiger partial charge < -0.3 is 4.90 Å². The lowest BCUT2D eigenvalue weighted by Crippen LogP contribution is -2.49. The number of hydrogen-bond donors (Lipinski definition) is 1. The van der Waals surface area contributed by atoms with E-state index in [1.54, 1.807) is 4.90 Å². The summed E-state index contributed by atoms with van der Waals surface area (Å²) in [5, 5.41) is 6.61. The number of hydrogen-bond acceptors (Lipinski definition) is 3. The first-order chi connectivity index (χ1) is 9.72. The highest BCUT2D eigenvalue weighted by atomic mass is 16.2. The van der Waals surface area contributed by atoms with Crippen LogP contribution in [0.25, 0.3) is 0 Å². The number of carbonyl (C=O) groups excluding carboxylic acids is 1. The number of carbonyl (C=O) groups is 1. The molecule has 1 aliphatic carbocycles. The standard InChI is InChI=1S/C15H18N4O/c1-19(10-13-16-11-17-18-13)14(20)15(8-5-9-15)12-6-3-2-4-7-12/h2-4,6-7,11H,5,8-10H2,1H3,(H,16,17,18). The number of aromatic nitrogens is 3. The Kier molecular flexibility index (Phi) is 3.26. The molecule has 5 heteroatoms. The van der Waals surface area contributed by atoms with Crippen molar-refractivity contribution in [2.45, 2.75) is 31.2 Å². The van der Waals surface area contributed by atoms with Crippen LogP contribution in [-0.2, 0) is 16.8 Å². The molecule has 2 aromatic rings. The minimum Gasteiger partial charge on any atom is -0.337 e. The third-order valence-corrected chi connectivity index (χ3v) is 4.14. The van der Waals surface area contributed by atoms with Gasteiger partial charge in [-0.1, -0.05) is 36.8 Å². The van der Waals surface area contributed by atoms with Crippen molar-refractivity contribution >= 4 is 5.91 Å². The summed E-state index contributed by atoms with van der Waals surface area (Å²) in [5.41, 5.74) is 0.788. The van der Waals surface area contributed by atoms with Crippen molar-refractivity contribution in [3.63, 3.8) is 0 Å². The highest BCUT2D eigenvalue weighted by Crippen LogP contribution is 2.45. The average Bonchev–Trinajstić information content (AvgIpc) is 2.91. The van der Waals surface area contributed by atoms with Crippen molar-refractivity contribution in [2.75, 3.05) is 7.05 Å². The predicted octanol–water partition coefficient (Wildman–Crippen LogP) is 1.88. The summed E-state index contributed by atoms with van der Waals surface area (Å²) in [6.07, 6.45) is 4.42. The minimum atomic E-state index is -0.337. The maximum absolute atomic E-state index is 12.8. The van der Waals surface area contributed by atoms with Crippen molar-refractivity contribution in [3.8, 4) is 0 Å². The Hall–Kier alpha value is -2.17. The second-order valence-corrected chi connectivity index (χ2v) is 5.40. The molecule has 1 fully saturated rings. The highest BCUT2D eigenvalue weighted by Gasteiger charge is 2.46. The van der Waals surface area contributed by atoms with E-state index in [1.807, 2.05) is 25.2 Å². The molecule has 0 aliphatic heterocycles. The summed E-state index contributed by atoms with van der Waals surface area (Å²) in [7, 11) is 1.83. The Labute approximate surface area is 118 Å². The van der Waals surface area contributed by atoms with E-state index in [0.717, 1.165) is 24.8 Å². The molecule has 104 valence electrons. The summed E-state index contributed by atoms with van der Waals surface area (Å²) in [6.45, 7) is 0.466. The molecular weight excluding hydrogens is 252 g/mol. The second kappa shape index (κ2) is 5.07. The third kappa shape index (κ3) is 2.09. The molecule has 0 atom stereocenters. The molecule has 5 nitrogen and oxygen atoms in total. The van der Waals surface area contributed by atoms with E-state index in [-0.39, 0.29) is 11.3 Å². The Morgan fingerprint density at radius 3 is 2.65 bits per heavy atom. The summed E-state index contributed by atoms with van der Waals surface area (Å²) >= 11 is 0. The first kappa shape index (κ1) is 12.8. The largest absolute Gasteiger partial charge is 0.337 e. The SMILES string of the molecule is CN(Cc1ncn[nH]1)C(=O)C1(c2ccccc2)CCC1. The maximum Gasteiger partial charge on any atom is 0.233 e. The van der Waals surface area contributed by atoms with Crippen molar-refractivity contribution in [1.82, 2.24) is 20.1 Å². The van der Waals surface area contributed by atoms with Crippen molar-refractivity contribution in [2.24, 2.45) is 0 Å². The lowest BCUT2D eigenvalue weighted by Gasteiger charge is -2.43. The lowest BCUT2D eigenvalue weighted by molar-refractivity contribution is -0.140. The molecule has 0 saturated heterocycles. The maximum atomic E-state index is 12.8. The number of nitrogens with zero attached hydrogens (tertiary/aromatic N) is 3. The molecular formula is C15H18N4O. The van der Waals surface area contributed by atoms with Gasteiger partial charge in [0.25, 0.3) is 0 Å². The summed E-state index contributed by atoms with van der Waals surface area (Å²) < 4.78 is 0. The van der Waals surface area contributed by atoms with E-state index in [0.29, 0.717) is 12.4 Å². The number of benzene rings is 1. The zero-order valence-electron chi connectivity index (χ0n) is 11.5. The van der Waals surface area contributed by atoms with Gasteiger partial charge in [0, 0.05) is 7.05 Å². The first-order valence-corrected chi connectivity index (χ1v) is 6.88.